The van der Waals surface area contributed by atoms with Gasteiger partial charge < -0.3 is 10.6 Å². The Morgan fingerprint density at radius 2 is 1.79 bits per heavy atom. The SMILES string of the molecule is CC(Nc1nncc(NCCc2ccc(S(N)(=O)=O)cc2)n1)c1ccccc1. The molecule has 1 atom stereocenters. The summed E-state index contributed by atoms with van der Waals surface area (Å²) in [5.41, 5.74) is 2.12. The average Bonchev–Trinajstić information content (AvgIpc) is 2.69. The first-order valence-corrected chi connectivity index (χ1v) is 10.3. The maximum Gasteiger partial charge on any atom is 0.245 e. The predicted octanol–water partition coefficient (Wildman–Crippen LogP) is 2.35. The summed E-state index contributed by atoms with van der Waals surface area (Å²) in [6.07, 6.45) is 2.25. The fourth-order valence-electron chi connectivity index (χ4n) is 2.65. The third-order valence-electron chi connectivity index (χ3n) is 4.18. The molecule has 0 aliphatic rings. The average molecular weight is 398 g/mol. The van der Waals surface area contributed by atoms with Gasteiger partial charge in [-0.15, -0.1) is 5.10 Å². The highest BCUT2D eigenvalue weighted by molar-refractivity contribution is 7.89. The predicted molar refractivity (Wildman–Crippen MR) is 108 cm³/mol. The Bertz CT molecular complexity index is 1010. The lowest BCUT2D eigenvalue weighted by molar-refractivity contribution is 0.598. The molecule has 0 bridgehead atoms. The van der Waals surface area contributed by atoms with Crippen molar-refractivity contribution in [2.24, 2.45) is 5.14 Å². The van der Waals surface area contributed by atoms with Crippen molar-refractivity contribution in [1.82, 2.24) is 15.2 Å². The summed E-state index contributed by atoms with van der Waals surface area (Å²) in [4.78, 5) is 4.53. The molecule has 0 spiro atoms. The lowest BCUT2D eigenvalue weighted by Crippen LogP contribution is -2.13. The largest absolute Gasteiger partial charge is 0.368 e. The van der Waals surface area contributed by atoms with Gasteiger partial charge in [-0.1, -0.05) is 42.5 Å². The van der Waals surface area contributed by atoms with E-state index in [4.69, 9.17) is 5.14 Å². The molecule has 0 aliphatic heterocycles. The molecule has 0 amide bonds. The van der Waals surface area contributed by atoms with E-state index in [0.717, 1.165) is 11.1 Å². The van der Waals surface area contributed by atoms with Gasteiger partial charge >= 0.3 is 0 Å². The maximum atomic E-state index is 11.3. The van der Waals surface area contributed by atoms with Crippen molar-refractivity contribution in [3.8, 4) is 0 Å². The summed E-state index contributed by atoms with van der Waals surface area (Å²) >= 11 is 0. The minimum atomic E-state index is -3.67. The van der Waals surface area contributed by atoms with Crippen LogP contribution in [-0.2, 0) is 16.4 Å². The molecule has 8 nitrogen and oxygen atoms in total. The van der Waals surface area contributed by atoms with Crippen molar-refractivity contribution in [3.63, 3.8) is 0 Å². The van der Waals surface area contributed by atoms with Crippen LogP contribution in [0.2, 0.25) is 0 Å². The quantitative estimate of drug-likeness (QED) is 0.532. The van der Waals surface area contributed by atoms with Crippen LogP contribution in [0.1, 0.15) is 24.1 Å². The van der Waals surface area contributed by atoms with Crippen LogP contribution in [0.25, 0.3) is 0 Å². The zero-order valence-corrected chi connectivity index (χ0v) is 16.2. The molecule has 1 heterocycles. The normalized spacial score (nSPS) is 12.4. The second-order valence-electron chi connectivity index (χ2n) is 6.31. The minimum Gasteiger partial charge on any atom is -0.368 e. The molecular formula is C19H22N6O2S. The number of rotatable bonds is 8. The highest BCUT2D eigenvalue weighted by Crippen LogP contribution is 2.16. The van der Waals surface area contributed by atoms with Gasteiger partial charge in [-0.3, -0.25) is 0 Å². The molecule has 4 N–H and O–H groups in total. The summed E-state index contributed by atoms with van der Waals surface area (Å²) in [7, 11) is -3.67. The van der Waals surface area contributed by atoms with E-state index < -0.39 is 10.0 Å². The minimum absolute atomic E-state index is 0.0515. The number of nitrogens with two attached hydrogens (primary N) is 1. The van der Waals surface area contributed by atoms with Crippen LogP contribution in [0.5, 0.6) is 0 Å². The number of benzene rings is 2. The second-order valence-corrected chi connectivity index (χ2v) is 7.87. The van der Waals surface area contributed by atoms with Gasteiger partial charge in [-0.25, -0.2) is 13.6 Å². The summed E-state index contributed by atoms with van der Waals surface area (Å²) in [6.45, 7) is 2.64. The Hall–Kier alpha value is -3.04. The van der Waals surface area contributed by atoms with Crippen LogP contribution in [0, 0.1) is 0 Å². The number of hydrogen-bond donors (Lipinski definition) is 3. The van der Waals surface area contributed by atoms with Crippen LogP contribution in [0.3, 0.4) is 0 Å². The van der Waals surface area contributed by atoms with Gasteiger partial charge in [-0.05, 0) is 36.6 Å². The van der Waals surface area contributed by atoms with E-state index in [-0.39, 0.29) is 10.9 Å². The van der Waals surface area contributed by atoms with Gasteiger partial charge in [0.15, 0.2) is 5.82 Å². The molecule has 28 heavy (non-hydrogen) atoms. The number of primary sulfonamides is 1. The molecular weight excluding hydrogens is 376 g/mol. The maximum absolute atomic E-state index is 11.3. The Kier molecular flexibility index (Phi) is 6.17. The van der Waals surface area contributed by atoms with Gasteiger partial charge in [0.25, 0.3) is 0 Å². The molecule has 3 aromatic rings. The van der Waals surface area contributed by atoms with Gasteiger partial charge in [0, 0.05) is 6.54 Å². The highest BCUT2D eigenvalue weighted by atomic mass is 32.2. The number of nitrogens with zero attached hydrogens (tertiary/aromatic N) is 3. The lowest BCUT2D eigenvalue weighted by atomic mass is 10.1. The van der Waals surface area contributed by atoms with Gasteiger partial charge in [0.1, 0.15) is 0 Å². The number of aromatic nitrogens is 3. The molecule has 0 fully saturated rings. The van der Waals surface area contributed by atoms with Crippen LogP contribution in [0.15, 0.2) is 65.7 Å². The number of anilines is 2. The zero-order chi connectivity index (χ0) is 20.0. The van der Waals surface area contributed by atoms with Gasteiger partial charge in [-0.2, -0.15) is 10.1 Å². The second kappa shape index (κ2) is 8.77. The van der Waals surface area contributed by atoms with Crippen LogP contribution >= 0.6 is 0 Å². The standard InChI is InChI=1S/C19H22N6O2S/c1-14(16-5-3-2-4-6-16)23-19-24-18(13-22-25-19)21-12-11-15-7-9-17(10-8-15)28(20,26)27/h2-10,13-14H,11-12H2,1H3,(H2,20,26,27)(H2,21,23,24,25). The van der Waals surface area contributed by atoms with E-state index in [1.807, 2.05) is 37.3 Å². The van der Waals surface area contributed by atoms with E-state index in [2.05, 4.69) is 25.8 Å². The van der Waals surface area contributed by atoms with E-state index in [0.29, 0.717) is 24.7 Å². The summed E-state index contributed by atoms with van der Waals surface area (Å²) in [5.74, 6) is 1.05. The molecule has 146 valence electrons. The Labute approximate surface area is 164 Å². The Morgan fingerprint density at radius 1 is 1.07 bits per heavy atom. The first-order valence-electron chi connectivity index (χ1n) is 8.78. The third kappa shape index (κ3) is 5.48. The van der Waals surface area contributed by atoms with Crippen LogP contribution < -0.4 is 15.8 Å². The smallest absolute Gasteiger partial charge is 0.245 e. The number of nitrogens with one attached hydrogen (secondary N) is 2. The molecule has 0 aliphatic carbocycles. The van der Waals surface area contributed by atoms with Crippen molar-refractivity contribution in [2.75, 3.05) is 17.2 Å². The fourth-order valence-corrected chi connectivity index (χ4v) is 3.16. The number of hydrogen-bond acceptors (Lipinski definition) is 7. The summed E-state index contributed by atoms with van der Waals surface area (Å²) in [5, 5.41) is 19.5. The molecule has 2 aromatic carbocycles. The van der Waals surface area contributed by atoms with Gasteiger partial charge in [0.2, 0.25) is 16.0 Å². The zero-order valence-electron chi connectivity index (χ0n) is 15.4. The molecule has 1 aromatic heterocycles. The first-order chi connectivity index (χ1) is 13.4. The Morgan fingerprint density at radius 3 is 2.46 bits per heavy atom. The van der Waals surface area contributed by atoms with E-state index in [9.17, 15) is 8.42 Å². The third-order valence-corrected chi connectivity index (χ3v) is 5.10. The summed E-state index contributed by atoms with van der Waals surface area (Å²) < 4.78 is 22.6. The molecule has 3 rings (SSSR count). The highest BCUT2D eigenvalue weighted by Gasteiger charge is 2.08. The molecule has 9 heteroatoms. The van der Waals surface area contributed by atoms with E-state index in [1.54, 1.807) is 18.3 Å². The van der Waals surface area contributed by atoms with E-state index >= 15 is 0 Å². The van der Waals surface area contributed by atoms with Gasteiger partial charge in [0.05, 0.1) is 17.1 Å². The Balaban J connectivity index is 1.55. The fraction of sp³-hybridized carbons (Fsp3) is 0.211. The molecule has 1 unspecified atom stereocenters. The van der Waals surface area contributed by atoms with Crippen molar-refractivity contribution in [2.45, 2.75) is 24.3 Å². The summed E-state index contributed by atoms with van der Waals surface area (Å²) in [6, 6.07) is 16.6. The first kappa shape index (κ1) is 19.7. The van der Waals surface area contributed by atoms with Crippen LogP contribution in [0.4, 0.5) is 11.8 Å². The molecule has 0 radical (unpaired) electrons. The molecule has 0 saturated heterocycles. The van der Waals surface area contributed by atoms with Crippen molar-refractivity contribution < 1.29 is 8.42 Å². The lowest BCUT2D eigenvalue weighted by Gasteiger charge is -2.14. The van der Waals surface area contributed by atoms with E-state index in [1.165, 1.54) is 12.1 Å². The van der Waals surface area contributed by atoms with Crippen molar-refractivity contribution in [3.05, 3.63) is 71.9 Å². The van der Waals surface area contributed by atoms with Crippen molar-refractivity contribution >= 4 is 21.8 Å². The van der Waals surface area contributed by atoms with Crippen LogP contribution in [-0.4, -0.2) is 30.1 Å². The van der Waals surface area contributed by atoms with Crippen molar-refractivity contribution in [1.29, 1.82) is 0 Å². The number of sulfonamides is 1. The molecule has 0 saturated carbocycles. The monoisotopic (exact) mass is 398 g/mol. The topological polar surface area (TPSA) is 123 Å².